The van der Waals surface area contributed by atoms with Gasteiger partial charge in [0, 0.05) is 7.05 Å². The molecule has 2 N–H and O–H groups in total. The molecule has 0 radical (unpaired) electrons. The van der Waals surface area contributed by atoms with E-state index in [4.69, 9.17) is 5.26 Å². The molecule has 0 fully saturated rings. The van der Waals surface area contributed by atoms with Gasteiger partial charge in [0.2, 0.25) is 11.9 Å². The summed E-state index contributed by atoms with van der Waals surface area (Å²) < 4.78 is 78.8. The Balaban J connectivity index is 2.35. The molecule has 2 amide bonds. The number of sulfone groups is 1. The molecule has 180 valence electrons. The van der Waals surface area contributed by atoms with Crippen LogP contribution in [-0.2, 0) is 25.6 Å². The molecule has 0 spiro atoms. The van der Waals surface area contributed by atoms with Crippen molar-refractivity contribution in [3.8, 4) is 6.07 Å². The third-order valence-electron chi connectivity index (χ3n) is 4.44. The molecule has 1 aromatic heterocycles. The molecular formula is C19H15F4N5O5S. The molecule has 2 rings (SSSR count). The molecule has 10 nitrogen and oxygen atoms in total. The van der Waals surface area contributed by atoms with Crippen LogP contribution in [0.5, 0.6) is 0 Å². The van der Waals surface area contributed by atoms with Gasteiger partial charge in [-0.2, -0.15) is 18.4 Å². The molecule has 0 aliphatic rings. The number of anilines is 1. The van der Waals surface area contributed by atoms with E-state index in [1.54, 1.807) is 0 Å². The van der Waals surface area contributed by atoms with Crippen molar-refractivity contribution < 1.29 is 40.4 Å². The highest BCUT2D eigenvalue weighted by atomic mass is 32.2. The van der Waals surface area contributed by atoms with E-state index in [1.807, 2.05) is 5.32 Å². The second-order valence-electron chi connectivity index (χ2n) is 7.03. The lowest BCUT2D eigenvalue weighted by molar-refractivity contribution is -0.141. The molecule has 1 heterocycles. The van der Waals surface area contributed by atoms with Gasteiger partial charge in [-0.15, -0.1) is 0 Å². The summed E-state index contributed by atoms with van der Waals surface area (Å²) in [5, 5.41) is 12.7. The number of carbonyl (C=O) groups excluding carboxylic acids is 3. The number of nitrogens with one attached hydrogen (secondary N) is 2. The van der Waals surface area contributed by atoms with Gasteiger partial charge < -0.3 is 10.1 Å². The van der Waals surface area contributed by atoms with Gasteiger partial charge in [0.25, 0.3) is 5.91 Å². The van der Waals surface area contributed by atoms with Crippen molar-refractivity contribution in [2.45, 2.75) is 18.0 Å². The molecule has 2 aromatic rings. The van der Waals surface area contributed by atoms with E-state index in [1.165, 1.54) is 13.1 Å². The highest BCUT2D eigenvalue weighted by Gasteiger charge is 2.41. The zero-order valence-corrected chi connectivity index (χ0v) is 18.2. The summed E-state index contributed by atoms with van der Waals surface area (Å²) in [4.78, 5) is 41.6. The van der Waals surface area contributed by atoms with Crippen molar-refractivity contribution >= 4 is 33.9 Å². The van der Waals surface area contributed by atoms with Gasteiger partial charge in [0.05, 0.1) is 22.4 Å². The van der Waals surface area contributed by atoms with Crippen LogP contribution < -0.4 is 10.6 Å². The number of rotatable bonds is 7. The molecule has 1 aromatic carbocycles. The molecular weight excluding hydrogens is 486 g/mol. The molecule has 0 unspecified atom stereocenters. The van der Waals surface area contributed by atoms with Crippen LogP contribution in [-0.4, -0.2) is 49.3 Å². The average molecular weight is 501 g/mol. The number of hydrogen-bond donors (Lipinski definition) is 2. The highest BCUT2D eigenvalue weighted by molar-refractivity contribution is 7.91. The number of carbonyl (C=O) groups is 3. The van der Waals surface area contributed by atoms with E-state index >= 15 is 0 Å². The first-order valence-electron chi connectivity index (χ1n) is 9.05. The molecule has 0 saturated heterocycles. The van der Waals surface area contributed by atoms with Gasteiger partial charge in [-0.3, -0.25) is 14.9 Å². The molecule has 15 heteroatoms. The molecule has 0 aliphatic heterocycles. The van der Waals surface area contributed by atoms with E-state index in [-0.39, 0.29) is 6.29 Å². The average Bonchev–Trinajstić information content (AvgIpc) is 2.77. The number of aldehydes is 1. The normalized spacial score (nSPS) is 13.3. The maximum atomic E-state index is 14.2. The summed E-state index contributed by atoms with van der Waals surface area (Å²) in [7, 11) is -3.28. The topological polar surface area (TPSA) is 159 Å². The van der Waals surface area contributed by atoms with E-state index in [9.17, 15) is 40.4 Å². The van der Waals surface area contributed by atoms with Crippen LogP contribution in [0.4, 0.5) is 23.5 Å². The number of nitrogens with zero attached hydrogens (tertiary/aromatic N) is 3. The molecule has 0 aliphatic carbocycles. The van der Waals surface area contributed by atoms with Crippen molar-refractivity contribution in [3.05, 3.63) is 47.0 Å². The Hall–Kier alpha value is -3.93. The van der Waals surface area contributed by atoms with Crippen molar-refractivity contribution in [1.29, 1.82) is 5.26 Å². The first-order chi connectivity index (χ1) is 15.7. The van der Waals surface area contributed by atoms with E-state index in [2.05, 4.69) is 15.3 Å². The summed E-state index contributed by atoms with van der Waals surface area (Å²) in [6, 6.07) is 3.56. The second kappa shape index (κ2) is 9.51. The third-order valence-corrected chi connectivity index (χ3v) is 6.39. The zero-order valence-electron chi connectivity index (χ0n) is 17.4. The molecule has 34 heavy (non-hydrogen) atoms. The Kier molecular flexibility index (Phi) is 7.36. The minimum Gasteiger partial charge on any atom is -0.355 e. The molecule has 1 atom stereocenters. The van der Waals surface area contributed by atoms with Crippen molar-refractivity contribution in [1.82, 2.24) is 15.3 Å². The number of hydrogen-bond acceptors (Lipinski definition) is 8. The van der Waals surface area contributed by atoms with E-state index in [0.29, 0.717) is 12.3 Å². The van der Waals surface area contributed by atoms with Crippen LogP contribution >= 0.6 is 0 Å². The largest absolute Gasteiger partial charge is 0.434 e. The predicted molar refractivity (Wildman–Crippen MR) is 106 cm³/mol. The van der Waals surface area contributed by atoms with Gasteiger partial charge in [-0.05, 0) is 25.1 Å². The second-order valence-corrected chi connectivity index (χ2v) is 9.02. The SMILES string of the molecule is CNC(=O)c1ccc(S(=O)(=O)C[C@](C)(C=O)C(=O)Nc2ncc(C#N)c(C(F)(F)F)n2)cc1F. The van der Waals surface area contributed by atoms with Crippen LogP contribution in [0.2, 0.25) is 0 Å². The third kappa shape index (κ3) is 5.52. The van der Waals surface area contributed by atoms with Crippen LogP contribution in [0, 0.1) is 22.6 Å². The monoisotopic (exact) mass is 501 g/mol. The smallest absolute Gasteiger partial charge is 0.355 e. The van der Waals surface area contributed by atoms with Gasteiger partial charge in [-0.25, -0.2) is 22.8 Å². The van der Waals surface area contributed by atoms with Crippen LogP contribution in [0.1, 0.15) is 28.5 Å². The van der Waals surface area contributed by atoms with Gasteiger partial charge in [0.15, 0.2) is 15.5 Å². The van der Waals surface area contributed by atoms with Crippen molar-refractivity contribution in [3.63, 3.8) is 0 Å². The first kappa shape index (κ1) is 26.3. The minimum atomic E-state index is -5.06. The van der Waals surface area contributed by atoms with Gasteiger partial charge >= 0.3 is 6.18 Å². The number of aromatic nitrogens is 2. The van der Waals surface area contributed by atoms with Crippen LogP contribution in [0.3, 0.4) is 0 Å². The lowest BCUT2D eigenvalue weighted by atomic mass is 9.94. The summed E-state index contributed by atoms with van der Waals surface area (Å²) >= 11 is 0. The maximum absolute atomic E-state index is 14.2. The fourth-order valence-electron chi connectivity index (χ4n) is 2.62. The number of benzene rings is 1. The lowest BCUT2D eigenvalue weighted by Crippen LogP contribution is -2.41. The Labute approximate surface area is 189 Å². The molecule has 0 bridgehead atoms. The first-order valence-corrected chi connectivity index (χ1v) is 10.7. The number of amides is 2. The summed E-state index contributed by atoms with van der Waals surface area (Å²) in [6.07, 6.45) is -4.61. The summed E-state index contributed by atoms with van der Waals surface area (Å²) in [6.45, 7) is 0.885. The standard InChI is InChI=1S/C19H15F4N5O5S/c1-18(8-29,9-34(32,33)11-3-4-12(13(20)5-11)15(30)25-2)16(31)28-17-26-7-10(6-24)14(27-17)19(21,22)23/h3-5,7-8H,9H2,1-2H3,(H,25,30)(H,26,27,28,31)/t18-/m0/s1. The lowest BCUT2D eigenvalue weighted by Gasteiger charge is -2.22. The fraction of sp³-hybridized carbons (Fsp3) is 0.263. The minimum absolute atomic E-state index is 0.0521. The Bertz CT molecular complexity index is 1310. The Morgan fingerprint density at radius 2 is 1.91 bits per heavy atom. The zero-order chi connectivity index (χ0) is 25.9. The molecule has 0 saturated carbocycles. The number of alkyl halides is 3. The predicted octanol–water partition coefficient (Wildman–Crippen LogP) is 1.48. The summed E-state index contributed by atoms with van der Waals surface area (Å²) in [5.74, 6) is -5.49. The van der Waals surface area contributed by atoms with Crippen LogP contribution in [0.25, 0.3) is 0 Å². The van der Waals surface area contributed by atoms with Gasteiger partial charge in [-0.1, -0.05) is 0 Å². The van der Waals surface area contributed by atoms with E-state index in [0.717, 1.165) is 19.1 Å². The van der Waals surface area contributed by atoms with E-state index < -0.39 is 72.5 Å². The Morgan fingerprint density at radius 3 is 2.41 bits per heavy atom. The summed E-state index contributed by atoms with van der Waals surface area (Å²) in [5.41, 5.74) is -5.37. The van der Waals surface area contributed by atoms with Crippen molar-refractivity contribution in [2.75, 3.05) is 18.1 Å². The number of halogens is 4. The highest BCUT2D eigenvalue weighted by Crippen LogP contribution is 2.31. The van der Waals surface area contributed by atoms with Gasteiger partial charge in [0.1, 0.15) is 29.2 Å². The van der Waals surface area contributed by atoms with Crippen molar-refractivity contribution in [2.24, 2.45) is 5.41 Å². The maximum Gasteiger partial charge on any atom is 0.434 e. The quantitative estimate of drug-likeness (QED) is 0.328. The number of nitriles is 1. The van der Waals surface area contributed by atoms with Crippen LogP contribution in [0.15, 0.2) is 29.3 Å². The fourth-order valence-corrected chi connectivity index (χ4v) is 4.34. The Morgan fingerprint density at radius 1 is 1.26 bits per heavy atom.